The summed E-state index contributed by atoms with van der Waals surface area (Å²) in [5, 5.41) is 0. The third-order valence-electron chi connectivity index (χ3n) is 5.24. The Labute approximate surface area is 193 Å². The first-order valence-electron chi connectivity index (χ1n) is 10.7. The molecule has 0 bridgehead atoms. The molecule has 1 aliphatic heterocycles. The molecule has 2 heterocycles. The van der Waals surface area contributed by atoms with Crippen LogP contribution in [0.2, 0.25) is 0 Å². The van der Waals surface area contributed by atoms with E-state index in [0.717, 1.165) is 23.2 Å². The van der Waals surface area contributed by atoms with Crippen LogP contribution in [0.3, 0.4) is 0 Å². The largest absolute Gasteiger partial charge is 0.471 e. The Morgan fingerprint density at radius 2 is 1.76 bits per heavy atom. The number of aromatic amines is 1. The second-order valence-electron chi connectivity index (χ2n) is 8.47. The normalized spacial score (nSPS) is 15.9. The average Bonchev–Trinajstić information content (AvgIpc) is 3.42. The predicted octanol–water partition coefficient (Wildman–Crippen LogP) is 4.88. The molecule has 33 heavy (non-hydrogen) atoms. The van der Waals surface area contributed by atoms with Gasteiger partial charge in [0, 0.05) is 29.0 Å². The van der Waals surface area contributed by atoms with E-state index in [1.165, 1.54) is 12.1 Å². The van der Waals surface area contributed by atoms with E-state index in [4.69, 9.17) is 9.47 Å². The quantitative estimate of drug-likeness (QED) is 0.501. The number of Topliss-reactive ketones (excluding diaryl/α,β-unsaturated/α-hetero) is 1. The average molecular weight is 467 g/mol. The standard InChI is InChI=1S/C25H26N2O5S/c1-15(2)24(28)18-11-17(22-9-10-23(27-22)25-26-14-16(3)31-25)12-20(13-18)32-19-5-7-21(8-6-19)33(4,29)30/h5-13,15-16,27H,14H2,1-4H3/t16-/m0/s1. The van der Waals surface area contributed by atoms with Crippen molar-refractivity contribution in [3.05, 3.63) is 65.9 Å². The van der Waals surface area contributed by atoms with E-state index in [0.29, 0.717) is 29.5 Å². The van der Waals surface area contributed by atoms with Crippen LogP contribution in [0.5, 0.6) is 11.5 Å². The minimum atomic E-state index is -3.30. The number of carbonyl (C=O) groups is 1. The summed E-state index contributed by atoms with van der Waals surface area (Å²) in [5.74, 6) is 1.34. The number of ether oxygens (including phenoxy) is 2. The molecule has 8 heteroatoms. The molecule has 0 spiro atoms. The van der Waals surface area contributed by atoms with E-state index < -0.39 is 9.84 Å². The Balaban J connectivity index is 1.68. The maximum absolute atomic E-state index is 12.8. The van der Waals surface area contributed by atoms with E-state index in [1.54, 1.807) is 18.2 Å². The molecule has 1 atom stereocenters. The topological polar surface area (TPSA) is 97.8 Å². The van der Waals surface area contributed by atoms with Gasteiger partial charge in [-0.3, -0.25) is 4.79 Å². The smallest absolute Gasteiger partial charge is 0.233 e. The van der Waals surface area contributed by atoms with Crippen molar-refractivity contribution in [1.29, 1.82) is 0 Å². The van der Waals surface area contributed by atoms with Crippen molar-refractivity contribution >= 4 is 21.5 Å². The summed E-state index contributed by atoms with van der Waals surface area (Å²) in [7, 11) is -3.30. The summed E-state index contributed by atoms with van der Waals surface area (Å²) in [4.78, 5) is 20.7. The molecule has 1 aliphatic rings. The Hall–Kier alpha value is -3.39. The van der Waals surface area contributed by atoms with Gasteiger partial charge in [-0.05, 0) is 61.5 Å². The minimum absolute atomic E-state index is 0.00164. The van der Waals surface area contributed by atoms with Crippen LogP contribution in [0.1, 0.15) is 36.8 Å². The SMILES string of the molecule is CC(C)C(=O)c1cc(Oc2ccc(S(C)(=O)=O)cc2)cc(-c2ccc(C3=NC[C@H](C)O3)[nH]2)c1. The monoisotopic (exact) mass is 466 g/mol. The Bertz CT molecular complexity index is 1320. The number of rotatable bonds is 7. The van der Waals surface area contributed by atoms with Crippen LogP contribution in [0, 0.1) is 5.92 Å². The molecule has 3 aromatic rings. The highest BCUT2D eigenvalue weighted by Gasteiger charge is 2.19. The molecule has 0 amide bonds. The molecule has 0 fully saturated rings. The number of benzene rings is 2. The third kappa shape index (κ3) is 5.17. The van der Waals surface area contributed by atoms with Gasteiger partial charge in [0.05, 0.1) is 11.4 Å². The summed E-state index contributed by atoms with van der Waals surface area (Å²) < 4.78 is 35.1. The van der Waals surface area contributed by atoms with Gasteiger partial charge in [0.15, 0.2) is 15.6 Å². The fourth-order valence-electron chi connectivity index (χ4n) is 3.49. The van der Waals surface area contributed by atoms with E-state index in [1.807, 2.05) is 45.0 Å². The zero-order chi connectivity index (χ0) is 23.8. The maximum atomic E-state index is 12.8. The van der Waals surface area contributed by atoms with Crippen LogP contribution in [0.25, 0.3) is 11.3 Å². The molecule has 172 valence electrons. The van der Waals surface area contributed by atoms with Gasteiger partial charge in [0.1, 0.15) is 23.3 Å². The van der Waals surface area contributed by atoms with Crippen molar-refractivity contribution in [1.82, 2.24) is 4.98 Å². The highest BCUT2D eigenvalue weighted by atomic mass is 32.2. The molecule has 0 unspecified atom stereocenters. The first kappa shape index (κ1) is 22.8. The van der Waals surface area contributed by atoms with Crippen LogP contribution in [0.4, 0.5) is 0 Å². The number of ketones is 1. The molecule has 0 saturated heterocycles. The molecule has 0 aliphatic carbocycles. The summed E-state index contributed by atoms with van der Waals surface area (Å²) in [5.41, 5.74) is 2.88. The van der Waals surface area contributed by atoms with Gasteiger partial charge >= 0.3 is 0 Å². The summed E-state index contributed by atoms with van der Waals surface area (Å²) in [6, 6.07) is 15.3. The number of aromatic nitrogens is 1. The molecule has 0 saturated carbocycles. The summed E-state index contributed by atoms with van der Waals surface area (Å²) in [6.45, 7) is 6.29. The van der Waals surface area contributed by atoms with Crippen molar-refractivity contribution in [3.8, 4) is 22.8 Å². The lowest BCUT2D eigenvalue weighted by molar-refractivity contribution is 0.0939. The lowest BCUT2D eigenvalue weighted by atomic mass is 9.98. The summed E-state index contributed by atoms with van der Waals surface area (Å²) >= 11 is 0. The molecule has 2 aromatic carbocycles. The lowest BCUT2D eigenvalue weighted by Gasteiger charge is -2.12. The third-order valence-corrected chi connectivity index (χ3v) is 6.36. The van der Waals surface area contributed by atoms with Crippen LogP contribution < -0.4 is 4.74 Å². The van der Waals surface area contributed by atoms with Crippen molar-refractivity contribution in [3.63, 3.8) is 0 Å². The molecule has 1 N–H and O–H groups in total. The van der Waals surface area contributed by atoms with Gasteiger partial charge < -0.3 is 14.5 Å². The van der Waals surface area contributed by atoms with Crippen molar-refractivity contribution in [2.75, 3.05) is 12.8 Å². The Kier molecular flexibility index (Phi) is 6.12. The van der Waals surface area contributed by atoms with E-state index in [2.05, 4.69) is 9.98 Å². The molecule has 7 nitrogen and oxygen atoms in total. The van der Waals surface area contributed by atoms with Crippen molar-refractivity contribution < 1.29 is 22.7 Å². The minimum Gasteiger partial charge on any atom is -0.471 e. The van der Waals surface area contributed by atoms with Gasteiger partial charge in [-0.2, -0.15) is 0 Å². The fraction of sp³-hybridized carbons (Fsp3) is 0.280. The van der Waals surface area contributed by atoms with Crippen LogP contribution in [-0.4, -0.2) is 44.0 Å². The predicted molar refractivity (Wildman–Crippen MR) is 127 cm³/mol. The van der Waals surface area contributed by atoms with E-state index >= 15 is 0 Å². The van der Waals surface area contributed by atoms with Gasteiger partial charge in [-0.1, -0.05) is 13.8 Å². The number of carbonyl (C=O) groups excluding carboxylic acids is 1. The number of hydrogen-bond acceptors (Lipinski definition) is 6. The number of nitrogens with zero attached hydrogens (tertiary/aromatic N) is 1. The molecule has 0 radical (unpaired) electrons. The Morgan fingerprint density at radius 1 is 1.06 bits per heavy atom. The number of hydrogen-bond donors (Lipinski definition) is 1. The zero-order valence-corrected chi connectivity index (χ0v) is 19.8. The van der Waals surface area contributed by atoms with Gasteiger partial charge in [0.25, 0.3) is 0 Å². The first-order chi connectivity index (χ1) is 15.6. The number of nitrogens with one attached hydrogen (secondary N) is 1. The second kappa shape index (κ2) is 8.86. The molecular weight excluding hydrogens is 440 g/mol. The highest BCUT2D eigenvalue weighted by molar-refractivity contribution is 7.90. The fourth-order valence-corrected chi connectivity index (χ4v) is 4.12. The number of sulfone groups is 1. The van der Waals surface area contributed by atoms with E-state index in [9.17, 15) is 13.2 Å². The molecule has 1 aromatic heterocycles. The second-order valence-corrected chi connectivity index (χ2v) is 10.5. The van der Waals surface area contributed by atoms with Crippen LogP contribution in [-0.2, 0) is 14.6 Å². The van der Waals surface area contributed by atoms with Crippen molar-refractivity contribution in [2.45, 2.75) is 31.8 Å². The summed E-state index contributed by atoms with van der Waals surface area (Å²) in [6.07, 6.45) is 1.21. The first-order valence-corrected chi connectivity index (χ1v) is 12.6. The van der Waals surface area contributed by atoms with Crippen LogP contribution in [0.15, 0.2) is 64.5 Å². The maximum Gasteiger partial charge on any atom is 0.233 e. The van der Waals surface area contributed by atoms with Gasteiger partial charge in [0.2, 0.25) is 5.90 Å². The Morgan fingerprint density at radius 3 is 2.36 bits per heavy atom. The zero-order valence-electron chi connectivity index (χ0n) is 19.0. The number of H-pyrrole nitrogens is 1. The van der Waals surface area contributed by atoms with E-state index in [-0.39, 0.29) is 22.7 Å². The van der Waals surface area contributed by atoms with Crippen molar-refractivity contribution in [2.24, 2.45) is 10.9 Å². The number of aliphatic imine (C=N–C) groups is 1. The van der Waals surface area contributed by atoms with Gasteiger partial charge in [-0.15, -0.1) is 0 Å². The van der Waals surface area contributed by atoms with Gasteiger partial charge in [-0.25, -0.2) is 13.4 Å². The van der Waals surface area contributed by atoms with Crippen LogP contribution >= 0.6 is 0 Å². The molecular formula is C25H26N2O5S. The molecule has 4 rings (SSSR count). The lowest BCUT2D eigenvalue weighted by Crippen LogP contribution is -2.09. The highest BCUT2D eigenvalue weighted by Crippen LogP contribution is 2.31.